The molecule has 124 valence electrons. The van der Waals surface area contributed by atoms with E-state index < -0.39 is 0 Å². The van der Waals surface area contributed by atoms with Crippen LogP contribution < -0.4 is 14.8 Å². The summed E-state index contributed by atoms with van der Waals surface area (Å²) in [7, 11) is 1.67. The van der Waals surface area contributed by atoms with Gasteiger partial charge in [0, 0.05) is 17.8 Å². The first kappa shape index (κ1) is 17.2. The lowest BCUT2D eigenvalue weighted by atomic mass is 9.87. The zero-order chi connectivity index (χ0) is 16.9. The Balaban J connectivity index is 2.12. The van der Waals surface area contributed by atoms with Gasteiger partial charge in [-0.05, 0) is 36.1 Å². The van der Waals surface area contributed by atoms with E-state index in [1.807, 2.05) is 19.1 Å². The molecule has 0 fully saturated rings. The standard InChI is InChI=1S/C20H27NO2/c1-6-23-19-15(8-7-9-18(19)22-5)14-21-17-12-10-16(11-13-17)20(2,3)4/h7-13,21H,6,14H2,1-5H3. The molecule has 0 bridgehead atoms. The van der Waals surface area contributed by atoms with Crippen LogP contribution >= 0.6 is 0 Å². The summed E-state index contributed by atoms with van der Waals surface area (Å²) in [5.74, 6) is 1.59. The minimum Gasteiger partial charge on any atom is -0.493 e. The van der Waals surface area contributed by atoms with E-state index in [4.69, 9.17) is 9.47 Å². The van der Waals surface area contributed by atoms with Gasteiger partial charge in [0.05, 0.1) is 13.7 Å². The maximum atomic E-state index is 5.75. The highest BCUT2D eigenvalue weighted by Crippen LogP contribution is 2.31. The molecule has 0 saturated carbocycles. The SMILES string of the molecule is CCOc1c(CNc2ccc(C(C)(C)C)cc2)cccc1OC. The minimum atomic E-state index is 0.174. The highest BCUT2D eigenvalue weighted by atomic mass is 16.5. The molecule has 0 spiro atoms. The average molecular weight is 313 g/mol. The van der Waals surface area contributed by atoms with Crippen LogP contribution in [0.4, 0.5) is 5.69 Å². The molecular weight excluding hydrogens is 286 g/mol. The monoisotopic (exact) mass is 313 g/mol. The molecule has 3 nitrogen and oxygen atoms in total. The van der Waals surface area contributed by atoms with Crippen molar-refractivity contribution in [1.29, 1.82) is 0 Å². The van der Waals surface area contributed by atoms with Gasteiger partial charge < -0.3 is 14.8 Å². The van der Waals surface area contributed by atoms with Gasteiger partial charge in [-0.2, -0.15) is 0 Å². The number of para-hydroxylation sites is 1. The molecule has 0 radical (unpaired) electrons. The van der Waals surface area contributed by atoms with E-state index in [1.165, 1.54) is 5.56 Å². The van der Waals surface area contributed by atoms with Crippen molar-refractivity contribution in [2.24, 2.45) is 0 Å². The summed E-state index contributed by atoms with van der Waals surface area (Å²) < 4.78 is 11.1. The molecule has 2 aromatic carbocycles. The van der Waals surface area contributed by atoms with Crippen LogP contribution in [0.15, 0.2) is 42.5 Å². The van der Waals surface area contributed by atoms with Crippen molar-refractivity contribution in [2.45, 2.75) is 39.7 Å². The fourth-order valence-electron chi connectivity index (χ4n) is 2.45. The first-order valence-electron chi connectivity index (χ1n) is 8.08. The third-order valence-electron chi connectivity index (χ3n) is 3.80. The van der Waals surface area contributed by atoms with E-state index in [0.29, 0.717) is 13.2 Å². The van der Waals surface area contributed by atoms with Gasteiger partial charge in [-0.3, -0.25) is 0 Å². The van der Waals surface area contributed by atoms with Crippen LogP contribution in [-0.4, -0.2) is 13.7 Å². The zero-order valence-electron chi connectivity index (χ0n) is 14.8. The summed E-state index contributed by atoms with van der Waals surface area (Å²) in [6.45, 7) is 9.96. The Kier molecular flexibility index (Phi) is 5.54. The molecule has 0 aliphatic rings. The number of nitrogens with one attached hydrogen (secondary N) is 1. The predicted octanol–water partition coefficient (Wildman–Crippen LogP) is 5.00. The van der Waals surface area contributed by atoms with Crippen molar-refractivity contribution in [3.8, 4) is 11.5 Å². The molecule has 23 heavy (non-hydrogen) atoms. The summed E-state index contributed by atoms with van der Waals surface area (Å²) in [5.41, 5.74) is 3.70. The molecule has 2 rings (SSSR count). The van der Waals surface area contributed by atoms with Crippen molar-refractivity contribution in [3.05, 3.63) is 53.6 Å². The summed E-state index contributed by atoms with van der Waals surface area (Å²) in [5, 5.41) is 3.45. The van der Waals surface area contributed by atoms with Crippen molar-refractivity contribution in [2.75, 3.05) is 19.0 Å². The number of benzene rings is 2. The number of hydrogen-bond acceptors (Lipinski definition) is 3. The third kappa shape index (κ3) is 4.41. The second-order valence-corrected chi connectivity index (χ2v) is 6.56. The Morgan fingerprint density at radius 1 is 1.00 bits per heavy atom. The first-order valence-corrected chi connectivity index (χ1v) is 8.08. The highest BCUT2D eigenvalue weighted by molar-refractivity contribution is 5.50. The number of rotatable bonds is 6. The number of anilines is 1. The Labute approximate surface area is 139 Å². The van der Waals surface area contributed by atoms with Crippen LogP contribution in [0.1, 0.15) is 38.8 Å². The van der Waals surface area contributed by atoms with Gasteiger partial charge in [0.25, 0.3) is 0 Å². The topological polar surface area (TPSA) is 30.5 Å². The van der Waals surface area contributed by atoms with Crippen LogP contribution in [0.2, 0.25) is 0 Å². The Bertz CT molecular complexity index is 627. The van der Waals surface area contributed by atoms with E-state index in [9.17, 15) is 0 Å². The van der Waals surface area contributed by atoms with Gasteiger partial charge in [-0.15, -0.1) is 0 Å². The molecule has 0 heterocycles. The van der Waals surface area contributed by atoms with Crippen molar-refractivity contribution in [3.63, 3.8) is 0 Å². The lowest BCUT2D eigenvalue weighted by Crippen LogP contribution is -2.11. The van der Waals surface area contributed by atoms with Crippen LogP contribution in [-0.2, 0) is 12.0 Å². The van der Waals surface area contributed by atoms with Crippen LogP contribution in [0.5, 0.6) is 11.5 Å². The first-order chi connectivity index (χ1) is 11.0. The molecule has 3 heteroatoms. The molecule has 0 unspecified atom stereocenters. The summed E-state index contributed by atoms with van der Waals surface area (Å²) >= 11 is 0. The van der Waals surface area contributed by atoms with E-state index in [0.717, 1.165) is 22.7 Å². The van der Waals surface area contributed by atoms with E-state index >= 15 is 0 Å². The molecule has 0 aromatic heterocycles. The molecule has 2 aromatic rings. The maximum Gasteiger partial charge on any atom is 0.166 e. The van der Waals surface area contributed by atoms with Gasteiger partial charge in [0.2, 0.25) is 0 Å². The third-order valence-corrected chi connectivity index (χ3v) is 3.80. The van der Waals surface area contributed by atoms with E-state index in [2.05, 4.69) is 56.4 Å². The van der Waals surface area contributed by atoms with Crippen molar-refractivity contribution < 1.29 is 9.47 Å². The lowest BCUT2D eigenvalue weighted by Gasteiger charge is -2.19. The lowest BCUT2D eigenvalue weighted by molar-refractivity contribution is 0.308. The second-order valence-electron chi connectivity index (χ2n) is 6.56. The van der Waals surface area contributed by atoms with Gasteiger partial charge in [0.15, 0.2) is 11.5 Å². The normalized spacial score (nSPS) is 11.2. The van der Waals surface area contributed by atoms with Crippen molar-refractivity contribution >= 4 is 5.69 Å². The highest BCUT2D eigenvalue weighted by Gasteiger charge is 2.13. The molecule has 0 saturated heterocycles. The van der Waals surface area contributed by atoms with E-state index in [1.54, 1.807) is 7.11 Å². The molecule has 1 N–H and O–H groups in total. The summed E-state index contributed by atoms with van der Waals surface area (Å²) in [6.07, 6.45) is 0. The smallest absolute Gasteiger partial charge is 0.166 e. The Morgan fingerprint density at radius 2 is 1.70 bits per heavy atom. The minimum absolute atomic E-state index is 0.174. The number of methoxy groups -OCH3 is 1. The van der Waals surface area contributed by atoms with Crippen LogP contribution in [0.25, 0.3) is 0 Å². The fourth-order valence-corrected chi connectivity index (χ4v) is 2.45. The van der Waals surface area contributed by atoms with Gasteiger partial charge in [0.1, 0.15) is 0 Å². The number of hydrogen-bond donors (Lipinski definition) is 1. The largest absolute Gasteiger partial charge is 0.493 e. The maximum absolute atomic E-state index is 5.75. The fraction of sp³-hybridized carbons (Fsp3) is 0.400. The molecule has 0 aliphatic carbocycles. The summed E-state index contributed by atoms with van der Waals surface area (Å²) in [4.78, 5) is 0. The average Bonchev–Trinajstić information content (AvgIpc) is 2.53. The predicted molar refractivity (Wildman–Crippen MR) is 96.6 cm³/mol. The molecule has 0 atom stereocenters. The van der Waals surface area contributed by atoms with Crippen LogP contribution in [0, 0.1) is 0 Å². The second kappa shape index (κ2) is 7.40. The Morgan fingerprint density at radius 3 is 2.26 bits per heavy atom. The molecule has 0 amide bonds. The van der Waals surface area contributed by atoms with E-state index in [-0.39, 0.29) is 5.41 Å². The molecule has 0 aliphatic heterocycles. The van der Waals surface area contributed by atoms with Gasteiger partial charge >= 0.3 is 0 Å². The quantitative estimate of drug-likeness (QED) is 0.813. The van der Waals surface area contributed by atoms with Gasteiger partial charge in [-0.25, -0.2) is 0 Å². The molecular formula is C20H27NO2. The van der Waals surface area contributed by atoms with Crippen LogP contribution in [0.3, 0.4) is 0 Å². The number of ether oxygens (including phenoxy) is 2. The Hall–Kier alpha value is -2.16. The zero-order valence-corrected chi connectivity index (χ0v) is 14.8. The van der Waals surface area contributed by atoms with Gasteiger partial charge in [-0.1, -0.05) is 45.0 Å². The summed E-state index contributed by atoms with van der Waals surface area (Å²) in [6, 6.07) is 14.6. The van der Waals surface area contributed by atoms with Crippen molar-refractivity contribution in [1.82, 2.24) is 0 Å².